The standard InChI is InChI=1S/C36H53N7O11/c1-12-20(4)27(29(46)43-26(19(2)3)33(47)49-11)42-25(44)13-14-37-28(45)21-15-50-30(38-21)22-16-51-31(39-22)23-17-52-32(40-23)24(18-53-35(5,6)7)41-34(48)54-36(8,9)10/h15-17,19-20,24,26-27H,12-14,18H2,1-11H3,(H,37,45)(H,41,48)(H,42,44)(H,43,46)/t20-,24?,26+,27-/m1/s1. The summed E-state index contributed by atoms with van der Waals surface area (Å²) < 4.78 is 32.7. The lowest BCUT2D eigenvalue weighted by molar-refractivity contribution is -0.146. The van der Waals surface area contributed by atoms with Gasteiger partial charge in [0.2, 0.25) is 29.5 Å². The number of carbonyl (C=O) groups excluding carboxylic acids is 5. The molecule has 54 heavy (non-hydrogen) atoms. The summed E-state index contributed by atoms with van der Waals surface area (Å²) in [5, 5.41) is 10.7. The molecule has 4 atom stereocenters. The molecule has 1 unspecified atom stereocenters. The molecule has 3 heterocycles. The smallest absolute Gasteiger partial charge is 0.408 e. The van der Waals surface area contributed by atoms with Crippen LogP contribution < -0.4 is 21.3 Å². The molecule has 0 saturated heterocycles. The zero-order valence-corrected chi connectivity index (χ0v) is 32.8. The maximum atomic E-state index is 13.1. The normalized spacial score (nSPS) is 14.1. The summed E-state index contributed by atoms with van der Waals surface area (Å²) in [6, 6.07) is -2.57. The number of carbonyl (C=O) groups is 5. The van der Waals surface area contributed by atoms with E-state index in [0.717, 1.165) is 6.26 Å². The Bertz CT molecular complexity index is 1730. The van der Waals surface area contributed by atoms with Crippen LogP contribution in [0.3, 0.4) is 0 Å². The van der Waals surface area contributed by atoms with E-state index in [-0.39, 0.29) is 66.2 Å². The largest absolute Gasteiger partial charge is 0.467 e. The van der Waals surface area contributed by atoms with Crippen molar-refractivity contribution >= 4 is 29.8 Å². The van der Waals surface area contributed by atoms with Gasteiger partial charge in [-0.15, -0.1) is 0 Å². The number of oxazole rings is 3. The van der Waals surface area contributed by atoms with Crippen LogP contribution in [-0.4, -0.2) is 88.3 Å². The Hall–Kier alpha value is -5.26. The molecule has 0 aliphatic carbocycles. The highest BCUT2D eigenvalue weighted by Gasteiger charge is 2.32. The van der Waals surface area contributed by atoms with E-state index in [1.165, 1.54) is 19.6 Å². The molecule has 18 nitrogen and oxygen atoms in total. The van der Waals surface area contributed by atoms with Crippen LogP contribution in [0.2, 0.25) is 0 Å². The van der Waals surface area contributed by atoms with E-state index in [9.17, 15) is 24.0 Å². The van der Waals surface area contributed by atoms with Gasteiger partial charge in [0.05, 0.1) is 19.3 Å². The van der Waals surface area contributed by atoms with Gasteiger partial charge < -0.3 is 48.7 Å². The van der Waals surface area contributed by atoms with Crippen LogP contribution in [0.4, 0.5) is 4.79 Å². The maximum Gasteiger partial charge on any atom is 0.408 e. The summed E-state index contributed by atoms with van der Waals surface area (Å²) in [5.41, 5.74) is -0.940. The van der Waals surface area contributed by atoms with Crippen molar-refractivity contribution in [3.05, 3.63) is 30.4 Å². The second-order valence-corrected chi connectivity index (χ2v) is 15.0. The SMILES string of the molecule is CC[C@@H](C)[C@@H](NC(=O)CCNC(=O)c1coc(-c2coc(-c3coc(C(COC(C)(C)C)NC(=O)OC(C)(C)C)n3)n2)n1)C(=O)N[C@H](C(=O)OC)C(C)C. The number of nitrogens with zero attached hydrogens (tertiary/aromatic N) is 3. The topological polar surface area (TPSA) is 239 Å². The third-order valence-electron chi connectivity index (χ3n) is 7.74. The van der Waals surface area contributed by atoms with Crippen molar-refractivity contribution in [1.29, 1.82) is 0 Å². The zero-order chi connectivity index (χ0) is 40.4. The average molecular weight is 760 g/mol. The summed E-state index contributed by atoms with van der Waals surface area (Å²) in [4.78, 5) is 76.3. The zero-order valence-electron chi connectivity index (χ0n) is 32.8. The van der Waals surface area contributed by atoms with E-state index in [1.54, 1.807) is 34.6 Å². The summed E-state index contributed by atoms with van der Waals surface area (Å²) in [6.07, 6.45) is 3.47. The first-order chi connectivity index (χ1) is 25.2. The number of amides is 4. The minimum Gasteiger partial charge on any atom is -0.467 e. The minimum absolute atomic E-state index is 0.0197. The van der Waals surface area contributed by atoms with Crippen LogP contribution in [0.5, 0.6) is 0 Å². The van der Waals surface area contributed by atoms with Crippen LogP contribution in [0.25, 0.3) is 23.2 Å². The number of hydrogen-bond donors (Lipinski definition) is 4. The van der Waals surface area contributed by atoms with Crippen molar-refractivity contribution in [2.45, 2.75) is 111 Å². The summed E-state index contributed by atoms with van der Waals surface area (Å²) in [7, 11) is 1.24. The van der Waals surface area contributed by atoms with Gasteiger partial charge in [-0.3, -0.25) is 14.4 Å². The molecular weight excluding hydrogens is 706 g/mol. The van der Waals surface area contributed by atoms with Crippen LogP contribution in [-0.2, 0) is 28.6 Å². The first kappa shape index (κ1) is 43.1. The molecule has 298 valence electrons. The number of methoxy groups -OCH3 is 1. The van der Waals surface area contributed by atoms with Crippen LogP contribution in [0, 0.1) is 11.8 Å². The van der Waals surface area contributed by atoms with Gasteiger partial charge in [-0.25, -0.2) is 24.5 Å². The Labute approximate surface area is 314 Å². The Morgan fingerprint density at radius 3 is 2.04 bits per heavy atom. The van der Waals surface area contributed by atoms with E-state index < -0.39 is 59.1 Å². The molecule has 3 aromatic heterocycles. The van der Waals surface area contributed by atoms with Crippen molar-refractivity contribution in [2.24, 2.45) is 11.8 Å². The predicted octanol–water partition coefficient (Wildman–Crippen LogP) is 4.33. The van der Waals surface area contributed by atoms with E-state index in [1.807, 2.05) is 34.6 Å². The lowest BCUT2D eigenvalue weighted by Crippen LogP contribution is -2.55. The molecule has 3 aromatic rings. The van der Waals surface area contributed by atoms with Crippen molar-refractivity contribution in [3.63, 3.8) is 0 Å². The number of ether oxygens (including phenoxy) is 3. The quantitative estimate of drug-likeness (QED) is 0.140. The number of aromatic nitrogens is 3. The van der Waals surface area contributed by atoms with Gasteiger partial charge in [-0.05, 0) is 53.4 Å². The lowest BCUT2D eigenvalue weighted by atomic mass is 9.96. The third-order valence-corrected chi connectivity index (χ3v) is 7.74. The lowest BCUT2D eigenvalue weighted by Gasteiger charge is -2.27. The van der Waals surface area contributed by atoms with Gasteiger partial charge in [0.25, 0.3) is 5.91 Å². The van der Waals surface area contributed by atoms with Gasteiger partial charge in [-0.1, -0.05) is 34.1 Å². The predicted molar refractivity (Wildman–Crippen MR) is 192 cm³/mol. The van der Waals surface area contributed by atoms with Crippen LogP contribution >= 0.6 is 0 Å². The fourth-order valence-corrected chi connectivity index (χ4v) is 4.68. The van der Waals surface area contributed by atoms with E-state index in [2.05, 4.69) is 36.2 Å². The molecule has 0 aromatic carbocycles. The molecule has 0 aliphatic heterocycles. The number of esters is 1. The molecule has 0 aliphatic rings. The first-order valence-electron chi connectivity index (χ1n) is 17.7. The van der Waals surface area contributed by atoms with Crippen molar-refractivity contribution in [3.8, 4) is 23.2 Å². The van der Waals surface area contributed by atoms with Gasteiger partial charge in [0, 0.05) is 13.0 Å². The highest BCUT2D eigenvalue weighted by Crippen LogP contribution is 2.26. The molecule has 18 heteroatoms. The maximum absolute atomic E-state index is 13.1. The van der Waals surface area contributed by atoms with Crippen molar-refractivity contribution < 1.29 is 51.4 Å². The fourth-order valence-electron chi connectivity index (χ4n) is 4.68. The Morgan fingerprint density at radius 2 is 1.43 bits per heavy atom. The minimum atomic E-state index is -0.906. The first-order valence-corrected chi connectivity index (χ1v) is 17.7. The fraction of sp³-hybridized carbons (Fsp3) is 0.611. The molecule has 0 saturated carbocycles. The summed E-state index contributed by atoms with van der Waals surface area (Å²) >= 11 is 0. The third kappa shape index (κ3) is 13.0. The van der Waals surface area contributed by atoms with Crippen LogP contribution in [0.15, 0.2) is 32.0 Å². The summed E-state index contributed by atoms with van der Waals surface area (Å²) in [6.45, 7) is 18.1. The molecule has 4 N–H and O–H groups in total. The number of hydrogen-bond acceptors (Lipinski definition) is 14. The number of rotatable bonds is 17. The van der Waals surface area contributed by atoms with Gasteiger partial charge >= 0.3 is 12.1 Å². The second kappa shape index (κ2) is 18.7. The van der Waals surface area contributed by atoms with E-state index >= 15 is 0 Å². The molecule has 0 fully saturated rings. The second-order valence-electron chi connectivity index (χ2n) is 15.0. The van der Waals surface area contributed by atoms with Crippen molar-refractivity contribution in [2.75, 3.05) is 20.3 Å². The molecule has 3 rings (SSSR count). The number of nitrogens with one attached hydrogen (secondary N) is 4. The highest BCUT2D eigenvalue weighted by atomic mass is 16.6. The van der Waals surface area contributed by atoms with Gasteiger partial charge in [0.1, 0.15) is 42.5 Å². The molecule has 0 bridgehead atoms. The Kier molecular flexibility index (Phi) is 14.9. The molecule has 4 amide bonds. The Balaban J connectivity index is 1.61. The highest BCUT2D eigenvalue weighted by molar-refractivity contribution is 5.93. The van der Waals surface area contributed by atoms with Gasteiger partial charge in [-0.2, -0.15) is 0 Å². The monoisotopic (exact) mass is 759 g/mol. The molecular formula is C36H53N7O11. The molecule has 0 spiro atoms. The van der Waals surface area contributed by atoms with E-state index in [0.29, 0.717) is 6.42 Å². The summed E-state index contributed by atoms with van der Waals surface area (Å²) in [5.74, 6) is -2.49. The van der Waals surface area contributed by atoms with E-state index in [4.69, 9.17) is 27.5 Å². The van der Waals surface area contributed by atoms with Crippen LogP contribution in [0.1, 0.15) is 105 Å². The Morgan fingerprint density at radius 1 is 0.796 bits per heavy atom. The van der Waals surface area contributed by atoms with Crippen molar-refractivity contribution in [1.82, 2.24) is 36.2 Å². The average Bonchev–Trinajstić information content (AvgIpc) is 3.87. The number of alkyl carbamates (subject to hydrolysis) is 1. The van der Waals surface area contributed by atoms with Gasteiger partial charge in [0.15, 0.2) is 17.1 Å². The molecule has 0 radical (unpaired) electrons.